The second kappa shape index (κ2) is 7.52. The molecule has 0 aromatic heterocycles. The van der Waals surface area contributed by atoms with Gasteiger partial charge < -0.3 is 19.7 Å². The van der Waals surface area contributed by atoms with Crippen molar-refractivity contribution in [2.75, 3.05) is 13.2 Å². The highest BCUT2D eigenvalue weighted by Gasteiger charge is 2.35. The van der Waals surface area contributed by atoms with Gasteiger partial charge in [-0.15, -0.1) is 0 Å². The first-order chi connectivity index (χ1) is 14.1. The predicted octanol–water partition coefficient (Wildman–Crippen LogP) is 3.19. The molecule has 30 heavy (non-hydrogen) atoms. The van der Waals surface area contributed by atoms with Crippen LogP contribution in [0, 0.1) is 0 Å². The van der Waals surface area contributed by atoms with E-state index in [-0.39, 0.29) is 12.1 Å². The minimum absolute atomic E-state index is 0.314. The molecule has 0 radical (unpaired) electrons. The van der Waals surface area contributed by atoms with Gasteiger partial charge in [-0.25, -0.2) is 9.98 Å². The standard InChI is InChI=1S/C24H28N2O4/c1-23(2,27)19-13-29-21(25-19)17-11-7-5-9-15(17)16-10-6-8-12-18(16)22-26-20(14-30-22)24(3,4)28/h5-12,19-20,27-28H,13-14H2,1-4H3/t19-,20-/m0/s1. The van der Waals surface area contributed by atoms with Crippen LogP contribution in [0.5, 0.6) is 0 Å². The van der Waals surface area contributed by atoms with Crippen molar-refractivity contribution in [1.29, 1.82) is 0 Å². The normalized spacial score (nSPS) is 21.7. The van der Waals surface area contributed by atoms with E-state index in [0.717, 1.165) is 22.3 Å². The minimum atomic E-state index is -0.951. The molecule has 4 rings (SSSR count). The average molecular weight is 408 g/mol. The number of aliphatic imine (C=N–C) groups is 2. The first-order valence-electron chi connectivity index (χ1n) is 10.2. The van der Waals surface area contributed by atoms with E-state index in [1.165, 1.54) is 0 Å². The Morgan fingerprint density at radius 1 is 0.667 bits per heavy atom. The molecule has 0 spiro atoms. The number of aliphatic hydroxyl groups is 2. The van der Waals surface area contributed by atoms with E-state index in [2.05, 4.69) is 9.98 Å². The van der Waals surface area contributed by atoms with Crippen molar-refractivity contribution >= 4 is 11.8 Å². The van der Waals surface area contributed by atoms with Crippen LogP contribution in [-0.4, -0.2) is 58.5 Å². The summed E-state index contributed by atoms with van der Waals surface area (Å²) in [6, 6.07) is 15.2. The summed E-state index contributed by atoms with van der Waals surface area (Å²) in [5, 5.41) is 20.6. The lowest BCUT2D eigenvalue weighted by Crippen LogP contribution is -2.35. The van der Waals surface area contributed by atoms with E-state index in [0.29, 0.717) is 25.0 Å². The lowest BCUT2D eigenvalue weighted by atomic mass is 9.95. The van der Waals surface area contributed by atoms with Crippen LogP contribution >= 0.6 is 0 Å². The zero-order chi connectivity index (χ0) is 21.5. The molecule has 2 aromatic carbocycles. The van der Waals surface area contributed by atoms with Gasteiger partial charge in [-0.3, -0.25) is 0 Å². The lowest BCUT2D eigenvalue weighted by Gasteiger charge is -2.20. The van der Waals surface area contributed by atoms with Gasteiger partial charge in [-0.05, 0) is 51.0 Å². The fourth-order valence-corrected chi connectivity index (χ4v) is 3.58. The maximum atomic E-state index is 10.3. The van der Waals surface area contributed by atoms with Crippen LogP contribution in [0.3, 0.4) is 0 Å². The molecule has 0 saturated carbocycles. The second-order valence-electron chi connectivity index (χ2n) is 8.92. The van der Waals surface area contributed by atoms with Crippen LogP contribution in [0.4, 0.5) is 0 Å². The van der Waals surface area contributed by atoms with Gasteiger partial charge >= 0.3 is 0 Å². The third kappa shape index (κ3) is 3.98. The van der Waals surface area contributed by atoms with Gasteiger partial charge in [-0.2, -0.15) is 0 Å². The Bertz CT molecular complexity index is 917. The first-order valence-corrected chi connectivity index (χ1v) is 10.2. The van der Waals surface area contributed by atoms with Crippen LogP contribution in [0.25, 0.3) is 11.1 Å². The third-order valence-electron chi connectivity index (χ3n) is 5.54. The molecule has 0 unspecified atom stereocenters. The summed E-state index contributed by atoms with van der Waals surface area (Å²) in [6.45, 7) is 7.65. The Morgan fingerprint density at radius 3 is 1.30 bits per heavy atom. The Balaban J connectivity index is 1.76. The van der Waals surface area contributed by atoms with E-state index in [4.69, 9.17) is 9.47 Å². The summed E-state index contributed by atoms with van der Waals surface area (Å²) in [6.07, 6.45) is 0. The highest BCUT2D eigenvalue weighted by Crippen LogP contribution is 2.32. The predicted molar refractivity (Wildman–Crippen MR) is 117 cm³/mol. The minimum Gasteiger partial charge on any atom is -0.475 e. The van der Waals surface area contributed by atoms with E-state index in [9.17, 15) is 10.2 Å². The molecule has 6 heteroatoms. The number of hydrogen-bond donors (Lipinski definition) is 2. The number of ether oxygens (including phenoxy) is 2. The van der Waals surface area contributed by atoms with Gasteiger partial charge in [0.1, 0.15) is 25.3 Å². The Kier molecular flexibility index (Phi) is 5.16. The molecule has 2 heterocycles. The fraction of sp³-hybridized carbons (Fsp3) is 0.417. The monoisotopic (exact) mass is 408 g/mol. The first kappa shape index (κ1) is 20.6. The molecule has 6 nitrogen and oxygen atoms in total. The van der Waals surface area contributed by atoms with Crippen molar-refractivity contribution in [3.8, 4) is 11.1 Å². The van der Waals surface area contributed by atoms with E-state index in [1.54, 1.807) is 27.7 Å². The maximum Gasteiger partial charge on any atom is 0.217 e. The van der Waals surface area contributed by atoms with Gasteiger partial charge in [-0.1, -0.05) is 36.4 Å². The van der Waals surface area contributed by atoms with Crippen LogP contribution in [-0.2, 0) is 9.47 Å². The zero-order valence-corrected chi connectivity index (χ0v) is 17.8. The van der Waals surface area contributed by atoms with Crippen molar-refractivity contribution in [3.63, 3.8) is 0 Å². The van der Waals surface area contributed by atoms with E-state index in [1.807, 2.05) is 48.5 Å². The van der Waals surface area contributed by atoms with Crippen LogP contribution < -0.4 is 0 Å². The molecule has 2 aliphatic heterocycles. The third-order valence-corrected chi connectivity index (χ3v) is 5.54. The SMILES string of the molecule is CC(C)(O)[C@@H]1COC(c2ccccc2-c2ccccc2C2=N[C@H](C(C)(C)O)CO2)=N1. The van der Waals surface area contributed by atoms with Gasteiger partial charge in [0, 0.05) is 11.1 Å². The quantitative estimate of drug-likeness (QED) is 0.796. The number of benzene rings is 2. The Morgan fingerprint density at radius 2 is 1.00 bits per heavy atom. The molecule has 0 bridgehead atoms. The molecule has 0 saturated heterocycles. The van der Waals surface area contributed by atoms with E-state index >= 15 is 0 Å². The molecule has 2 atom stereocenters. The van der Waals surface area contributed by atoms with Crippen molar-refractivity contribution in [3.05, 3.63) is 59.7 Å². The van der Waals surface area contributed by atoms with Gasteiger partial charge in [0.15, 0.2) is 0 Å². The average Bonchev–Trinajstić information content (AvgIpc) is 3.37. The summed E-state index contributed by atoms with van der Waals surface area (Å²) in [7, 11) is 0. The fourth-order valence-electron chi connectivity index (χ4n) is 3.58. The van der Waals surface area contributed by atoms with Gasteiger partial charge in [0.25, 0.3) is 0 Å². The summed E-state index contributed by atoms with van der Waals surface area (Å²) in [4.78, 5) is 9.27. The molecule has 158 valence electrons. The van der Waals surface area contributed by atoms with Crippen molar-refractivity contribution in [1.82, 2.24) is 0 Å². The highest BCUT2D eigenvalue weighted by molar-refractivity contribution is 6.07. The molecule has 2 N–H and O–H groups in total. The number of nitrogens with zero attached hydrogens (tertiary/aromatic N) is 2. The largest absolute Gasteiger partial charge is 0.475 e. The highest BCUT2D eigenvalue weighted by atomic mass is 16.5. The zero-order valence-electron chi connectivity index (χ0n) is 17.8. The smallest absolute Gasteiger partial charge is 0.217 e. The maximum absolute atomic E-state index is 10.3. The number of hydrogen-bond acceptors (Lipinski definition) is 6. The van der Waals surface area contributed by atoms with Crippen molar-refractivity contribution in [2.24, 2.45) is 9.98 Å². The molecule has 2 aliphatic rings. The van der Waals surface area contributed by atoms with E-state index < -0.39 is 11.2 Å². The lowest BCUT2D eigenvalue weighted by molar-refractivity contribution is 0.0431. The molecular weight excluding hydrogens is 380 g/mol. The molecule has 0 aliphatic carbocycles. The summed E-state index contributed by atoms with van der Waals surface area (Å²) < 4.78 is 11.7. The van der Waals surface area contributed by atoms with Gasteiger partial charge in [0.2, 0.25) is 11.8 Å². The molecule has 0 amide bonds. The van der Waals surface area contributed by atoms with Crippen molar-refractivity contribution in [2.45, 2.75) is 51.0 Å². The van der Waals surface area contributed by atoms with Crippen LogP contribution in [0.15, 0.2) is 58.5 Å². The molecule has 2 aromatic rings. The Labute approximate surface area is 176 Å². The van der Waals surface area contributed by atoms with Gasteiger partial charge in [0.05, 0.1) is 11.2 Å². The Hall–Kier alpha value is -2.70. The van der Waals surface area contributed by atoms with Crippen LogP contribution in [0.1, 0.15) is 38.8 Å². The van der Waals surface area contributed by atoms with Crippen molar-refractivity contribution < 1.29 is 19.7 Å². The summed E-state index contributed by atoms with van der Waals surface area (Å²) in [5.74, 6) is 1.05. The summed E-state index contributed by atoms with van der Waals surface area (Å²) >= 11 is 0. The topological polar surface area (TPSA) is 83.6 Å². The molecular formula is C24H28N2O4. The number of rotatable bonds is 5. The summed E-state index contributed by atoms with van der Waals surface area (Å²) in [5.41, 5.74) is 1.70. The molecule has 0 fully saturated rings. The second-order valence-corrected chi connectivity index (χ2v) is 8.92. The van der Waals surface area contributed by atoms with Crippen LogP contribution in [0.2, 0.25) is 0 Å².